The van der Waals surface area contributed by atoms with Crippen LogP contribution in [0.25, 0.3) is 0 Å². The number of rotatable bonds is 5. The summed E-state index contributed by atoms with van der Waals surface area (Å²) in [4.78, 5) is 12.9. The molecule has 0 radical (unpaired) electrons. The highest BCUT2D eigenvalue weighted by molar-refractivity contribution is 5.90. The fourth-order valence-electron chi connectivity index (χ4n) is 2.94. The summed E-state index contributed by atoms with van der Waals surface area (Å²) in [5.74, 6) is -0.411. The van der Waals surface area contributed by atoms with Crippen LogP contribution in [0.15, 0.2) is 72.3 Å². The number of benzene rings is 2. The van der Waals surface area contributed by atoms with E-state index in [0.29, 0.717) is 17.7 Å². The van der Waals surface area contributed by atoms with Crippen molar-refractivity contribution in [3.05, 3.63) is 83.4 Å². The van der Waals surface area contributed by atoms with Gasteiger partial charge >= 0.3 is 0 Å². The molecule has 2 aromatic carbocycles. The van der Waals surface area contributed by atoms with E-state index >= 15 is 0 Å². The Bertz CT molecular complexity index is 671. The zero-order chi connectivity index (χ0) is 16.8. The van der Waals surface area contributed by atoms with Gasteiger partial charge in [0.15, 0.2) is 5.60 Å². The van der Waals surface area contributed by atoms with Gasteiger partial charge < -0.3 is 15.7 Å². The minimum atomic E-state index is -1.70. The third kappa shape index (κ3) is 3.40. The predicted octanol–water partition coefficient (Wildman–Crippen LogP) is 1.96. The molecule has 2 aromatic rings. The zero-order valence-electron chi connectivity index (χ0n) is 13.5. The molecule has 0 fully saturated rings. The Balaban J connectivity index is 1.87. The predicted molar refractivity (Wildman–Crippen MR) is 94.5 cm³/mol. The number of aliphatic hydroxyl groups is 1. The molecular weight excluding hydrogens is 300 g/mol. The van der Waals surface area contributed by atoms with Crippen molar-refractivity contribution in [2.75, 3.05) is 19.6 Å². The average molecular weight is 322 g/mol. The monoisotopic (exact) mass is 322 g/mol. The maximum atomic E-state index is 12.9. The van der Waals surface area contributed by atoms with E-state index in [2.05, 4.69) is 16.7 Å². The van der Waals surface area contributed by atoms with Crippen molar-refractivity contribution in [1.82, 2.24) is 10.6 Å². The van der Waals surface area contributed by atoms with Crippen LogP contribution in [-0.2, 0) is 10.4 Å². The highest BCUT2D eigenvalue weighted by atomic mass is 16.3. The highest BCUT2D eigenvalue weighted by Gasteiger charge is 2.39. The summed E-state index contributed by atoms with van der Waals surface area (Å²) >= 11 is 0. The quantitative estimate of drug-likeness (QED) is 0.738. The minimum Gasteiger partial charge on any atom is -0.372 e. The van der Waals surface area contributed by atoms with Crippen LogP contribution in [-0.4, -0.2) is 30.6 Å². The van der Waals surface area contributed by atoms with Gasteiger partial charge in [0.05, 0.1) is 0 Å². The largest absolute Gasteiger partial charge is 0.372 e. The number of carbonyl (C=O) groups is 1. The van der Waals surface area contributed by atoms with E-state index < -0.39 is 11.5 Å². The molecule has 124 valence electrons. The van der Waals surface area contributed by atoms with Gasteiger partial charge in [0.2, 0.25) is 0 Å². The van der Waals surface area contributed by atoms with Gasteiger partial charge in [-0.15, -0.1) is 0 Å². The van der Waals surface area contributed by atoms with Gasteiger partial charge in [-0.3, -0.25) is 4.79 Å². The van der Waals surface area contributed by atoms with Crippen molar-refractivity contribution < 1.29 is 9.90 Å². The van der Waals surface area contributed by atoms with E-state index in [1.165, 1.54) is 0 Å². The highest BCUT2D eigenvalue weighted by Crippen LogP contribution is 2.29. The lowest BCUT2D eigenvalue weighted by Gasteiger charge is -2.28. The molecule has 1 amide bonds. The molecule has 0 spiro atoms. The Morgan fingerprint density at radius 3 is 2.12 bits per heavy atom. The lowest BCUT2D eigenvalue weighted by molar-refractivity contribution is -0.136. The second-order valence-electron chi connectivity index (χ2n) is 5.95. The lowest BCUT2D eigenvalue weighted by Crippen LogP contribution is -2.46. The third-order valence-electron chi connectivity index (χ3n) is 4.29. The van der Waals surface area contributed by atoms with E-state index in [-0.39, 0.29) is 0 Å². The van der Waals surface area contributed by atoms with Crippen molar-refractivity contribution >= 4 is 5.91 Å². The Labute approximate surface area is 142 Å². The topological polar surface area (TPSA) is 61.4 Å². The van der Waals surface area contributed by atoms with Crippen LogP contribution in [0.1, 0.15) is 17.5 Å². The number of nitrogens with one attached hydrogen (secondary N) is 2. The second-order valence-corrected chi connectivity index (χ2v) is 5.95. The van der Waals surface area contributed by atoms with Gasteiger partial charge in [0.25, 0.3) is 5.91 Å². The van der Waals surface area contributed by atoms with E-state index in [1.807, 2.05) is 36.4 Å². The van der Waals surface area contributed by atoms with E-state index in [1.54, 1.807) is 24.3 Å². The van der Waals surface area contributed by atoms with Gasteiger partial charge in [-0.2, -0.15) is 0 Å². The molecule has 3 rings (SSSR count). The van der Waals surface area contributed by atoms with Gasteiger partial charge in [-0.25, -0.2) is 0 Å². The van der Waals surface area contributed by atoms with Crippen molar-refractivity contribution in [2.45, 2.75) is 12.0 Å². The first-order chi connectivity index (χ1) is 11.7. The first-order valence-electron chi connectivity index (χ1n) is 8.21. The fourth-order valence-corrected chi connectivity index (χ4v) is 2.94. The molecule has 3 N–H and O–H groups in total. The minimum absolute atomic E-state index is 0.411. The van der Waals surface area contributed by atoms with Crippen LogP contribution in [0.2, 0.25) is 0 Å². The summed E-state index contributed by atoms with van der Waals surface area (Å²) < 4.78 is 0. The van der Waals surface area contributed by atoms with Gasteiger partial charge in [-0.05, 0) is 29.7 Å². The SMILES string of the molecule is O=C(NCC1=CCCNC1)C(O)(c1ccccc1)c1ccccc1. The fraction of sp³-hybridized carbons (Fsp3) is 0.250. The Morgan fingerprint density at radius 1 is 1.04 bits per heavy atom. The maximum absolute atomic E-state index is 12.9. The number of amides is 1. The first kappa shape index (κ1) is 16.4. The molecule has 1 aliphatic heterocycles. The molecule has 4 heteroatoms. The molecular formula is C20H22N2O2. The molecule has 0 unspecified atom stereocenters. The summed E-state index contributed by atoms with van der Waals surface area (Å²) in [6.07, 6.45) is 3.10. The number of hydrogen-bond acceptors (Lipinski definition) is 3. The van der Waals surface area contributed by atoms with Gasteiger partial charge in [-0.1, -0.05) is 66.7 Å². The molecule has 1 aliphatic rings. The summed E-state index contributed by atoms with van der Waals surface area (Å²) in [5, 5.41) is 17.5. The van der Waals surface area contributed by atoms with Crippen LogP contribution in [0.5, 0.6) is 0 Å². The summed E-state index contributed by atoms with van der Waals surface area (Å²) in [6, 6.07) is 18.1. The average Bonchev–Trinajstić information content (AvgIpc) is 2.67. The van der Waals surface area contributed by atoms with E-state index in [4.69, 9.17) is 0 Å². The van der Waals surface area contributed by atoms with Crippen LogP contribution >= 0.6 is 0 Å². The molecule has 0 bridgehead atoms. The van der Waals surface area contributed by atoms with Gasteiger partial charge in [0, 0.05) is 13.1 Å². The van der Waals surface area contributed by atoms with Crippen molar-refractivity contribution in [1.29, 1.82) is 0 Å². The molecule has 0 aromatic heterocycles. The molecule has 0 aliphatic carbocycles. The molecule has 0 saturated carbocycles. The second kappa shape index (κ2) is 7.43. The maximum Gasteiger partial charge on any atom is 0.261 e. The Morgan fingerprint density at radius 2 is 1.62 bits per heavy atom. The molecule has 4 nitrogen and oxygen atoms in total. The standard InChI is InChI=1S/C20H22N2O2/c23-19(22-15-16-8-7-13-21-14-16)20(24,17-9-3-1-4-10-17)18-11-5-2-6-12-18/h1-6,8-12,21,24H,7,13-15H2,(H,22,23). The van der Waals surface area contributed by atoms with Crippen LogP contribution in [0.3, 0.4) is 0 Å². The number of hydrogen-bond donors (Lipinski definition) is 3. The Kier molecular flexibility index (Phi) is 5.08. The molecule has 24 heavy (non-hydrogen) atoms. The number of carbonyl (C=O) groups excluding carboxylic acids is 1. The first-order valence-corrected chi connectivity index (χ1v) is 8.21. The molecule has 0 saturated heterocycles. The summed E-state index contributed by atoms with van der Waals surface area (Å²) in [7, 11) is 0. The van der Waals surface area contributed by atoms with Crippen molar-refractivity contribution in [3.63, 3.8) is 0 Å². The Hall–Kier alpha value is -2.43. The van der Waals surface area contributed by atoms with Crippen LogP contribution in [0.4, 0.5) is 0 Å². The molecule has 0 atom stereocenters. The summed E-state index contributed by atoms with van der Waals surface area (Å²) in [6.45, 7) is 2.18. The van der Waals surface area contributed by atoms with Crippen molar-refractivity contribution in [2.24, 2.45) is 0 Å². The van der Waals surface area contributed by atoms with Crippen molar-refractivity contribution in [3.8, 4) is 0 Å². The van der Waals surface area contributed by atoms with E-state index in [9.17, 15) is 9.90 Å². The zero-order valence-corrected chi connectivity index (χ0v) is 13.5. The summed E-state index contributed by atoms with van der Waals surface area (Å²) in [5.41, 5.74) is 0.553. The lowest BCUT2D eigenvalue weighted by atomic mass is 9.85. The van der Waals surface area contributed by atoms with Gasteiger partial charge in [0.1, 0.15) is 0 Å². The smallest absolute Gasteiger partial charge is 0.261 e. The third-order valence-corrected chi connectivity index (χ3v) is 4.29. The molecule has 1 heterocycles. The van der Waals surface area contributed by atoms with E-state index in [0.717, 1.165) is 25.1 Å². The normalized spacial score (nSPS) is 14.8. The van der Waals surface area contributed by atoms with Crippen LogP contribution in [0, 0.1) is 0 Å². The van der Waals surface area contributed by atoms with Crippen LogP contribution < -0.4 is 10.6 Å².